The van der Waals surface area contributed by atoms with Crippen molar-refractivity contribution < 1.29 is 42.9 Å². The van der Waals surface area contributed by atoms with Gasteiger partial charge in [0.1, 0.15) is 35.4 Å². The predicted octanol–water partition coefficient (Wildman–Crippen LogP) is 6.33. The van der Waals surface area contributed by atoms with Gasteiger partial charge in [0.2, 0.25) is 0 Å². The second kappa shape index (κ2) is 16.4. The zero-order valence-corrected chi connectivity index (χ0v) is 30.2. The van der Waals surface area contributed by atoms with Crippen molar-refractivity contribution in [1.82, 2.24) is 14.5 Å². The lowest BCUT2D eigenvalue weighted by atomic mass is 9.97. The Labute approximate surface area is 313 Å². The number of imidazole rings is 1. The second-order valence-electron chi connectivity index (χ2n) is 12.6. The van der Waals surface area contributed by atoms with E-state index in [0.29, 0.717) is 16.1 Å². The fraction of sp³-hybridized carbons (Fsp3) is 0.216. The summed E-state index contributed by atoms with van der Waals surface area (Å²) in [6.07, 6.45) is 2.49. The number of carbonyl (C=O) groups is 4. The first-order valence-electron chi connectivity index (χ1n) is 16.1. The first-order valence-corrected chi connectivity index (χ1v) is 16.5. The average molecular weight is 756 g/mol. The lowest BCUT2D eigenvalue weighted by Gasteiger charge is -2.26. The molecule has 54 heavy (non-hydrogen) atoms. The van der Waals surface area contributed by atoms with Crippen molar-refractivity contribution in [2.24, 2.45) is 5.73 Å². The Hall–Kier alpha value is -6.54. The van der Waals surface area contributed by atoms with Crippen LogP contribution in [-0.4, -0.2) is 69.2 Å². The molecule has 0 unspecified atom stereocenters. The van der Waals surface area contributed by atoms with Crippen molar-refractivity contribution in [3.8, 4) is 34.2 Å². The highest BCUT2D eigenvalue weighted by Crippen LogP contribution is 2.38. The number of hydrogen-bond donors (Lipinski definition) is 3. The molecule has 0 aliphatic carbocycles. The van der Waals surface area contributed by atoms with E-state index in [1.807, 2.05) is 0 Å². The molecule has 5 rings (SSSR count). The number of nitrogens with one attached hydrogen (secondary N) is 1. The van der Waals surface area contributed by atoms with E-state index in [4.69, 9.17) is 36.0 Å². The number of hydrogen-bond acceptors (Lipinski definition) is 12. The standard InChI is InChI=1S/C37H34ClN7O9/c1-37(2,3)54-36(50)45(35(49)44-18-23(41-19-44)15-28(40)34(47)48)24-8-5-7-21(13-24)26-16-29(25-11-10-22(38)14-31(25)53-20-51-4)42-32(27(26)17-39)43-33(46)30-9-6-12-52-30/h5-14,16,18-19,28H,15,20,40H2,1-4H3,(H,47,48)(H,42,43,46)/t28-/m1/s1. The molecule has 3 aromatic heterocycles. The van der Waals surface area contributed by atoms with Crippen LogP contribution in [0.5, 0.6) is 5.75 Å². The van der Waals surface area contributed by atoms with Crippen molar-refractivity contribution in [3.63, 3.8) is 0 Å². The number of nitrogens with zero attached hydrogens (tertiary/aromatic N) is 5. The van der Waals surface area contributed by atoms with Crippen LogP contribution in [0.4, 0.5) is 21.1 Å². The number of nitriles is 1. The van der Waals surface area contributed by atoms with Gasteiger partial charge in [0.25, 0.3) is 5.91 Å². The number of amides is 3. The number of ether oxygens (including phenoxy) is 3. The molecule has 4 N–H and O–H groups in total. The Morgan fingerprint density at radius 1 is 1.11 bits per heavy atom. The van der Waals surface area contributed by atoms with Gasteiger partial charge in [-0.1, -0.05) is 23.7 Å². The molecule has 1 atom stereocenters. The molecule has 0 radical (unpaired) electrons. The number of aromatic nitrogens is 3. The van der Waals surface area contributed by atoms with Crippen LogP contribution in [-0.2, 0) is 20.7 Å². The van der Waals surface area contributed by atoms with E-state index < -0.39 is 35.6 Å². The van der Waals surface area contributed by atoms with Gasteiger partial charge in [0.15, 0.2) is 18.4 Å². The van der Waals surface area contributed by atoms with Gasteiger partial charge in [-0.2, -0.15) is 10.2 Å². The third-order valence-electron chi connectivity index (χ3n) is 7.45. The van der Waals surface area contributed by atoms with Crippen molar-refractivity contribution >= 4 is 47.1 Å². The van der Waals surface area contributed by atoms with E-state index >= 15 is 0 Å². The summed E-state index contributed by atoms with van der Waals surface area (Å²) in [4.78, 5) is 61.6. The Kier molecular flexibility index (Phi) is 11.8. The summed E-state index contributed by atoms with van der Waals surface area (Å²) in [7, 11) is 1.45. The molecule has 3 amide bonds. The average Bonchev–Trinajstić information content (AvgIpc) is 3.83. The predicted molar refractivity (Wildman–Crippen MR) is 195 cm³/mol. The maximum Gasteiger partial charge on any atom is 0.423 e. The Balaban J connectivity index is 1.66. The van der Waals surface area contributed by atoms with Gasteiger partial charge in [0, 0.05) is 35.9 Å². The summed E-state index contributed by atoms with van der Waals surface area (Å²) in [6, 6.07) is 15.4. The number of imide groups is 1. The summed E-state index contributed by atoms with van der Waals surface area (Å²) >= 11 is 6.28. The molecule has 0 fully saturated rings. The van der Waals surface area contributed by atoms with Gasteiger partial charge in [-0.3, -0.25) is 14.2 Å². The molecule has 17 heteroatoms. The minimum Gasteiger partial charge on any atom is -0.480 e. The third kappa shape index (κ3) is 9.08. The Morgan fingerprint density at radius 2 is 1.89 bits per heavy atom. The van der Waals surface area contributed by atoms with Crippen LogP contribution < -0.4 is 20.7 Å². The number of methoxy groups -OCH3 is 1. The smallest absolute Gasteiger partial charge is 0.423 e. The third-order valence-corrected chi connectivity index (χ3v) is 7.68. The summed E-state index contributed by atoms with van der Waals surface area (Å²) in [5.74, 6) is -1.81. The number of rotatable bonds is 11. The van der Waals surface area contributed by atoms with E-state index in [1.165, 1.54) is 43.8 Å². The molecule has 0 aliphatic rings. The zero-order valence-electron chi connectivity index (χ0n) is 29.4. The molecule has 2 aromatic carbocycles. The highest BCUT2D eigenvalue weighted by atomic mass is 35.5. The van der Waals surface area contributed by atoms with Crippen molar-refractivity contribution in [3.05, 3.63) is 101 Å². The van der Waals surface area contributed by atoms with Crippen LogP contribution in [0.15, 0.2) is 83.9 Å². The van der Waals surface area contributed by atoms with Gasteiger partial charge in [0.05, 0.1) is 23.3 Å². The maximum atomic E-state index is 14.0. The summed E-state index contributed by atoms with van der Waals surface area (Å²) in [5, 5.41) is 22.7. The number of pyridine rings is 1. The minimum absolute atomic E-state index is 0.0308. The monoisotopic (exact) mass is 755 g/mol. The highest BCUT2D eigenvalue weighted by molar-refractivity contribution is 6.30. The first-order chi connectivity index (χ1) is 25.7. The van der Waals surface area contributed by atoms with Crippen LogP contribution in [0.25, 0.3) is 22.4 Å². The molecule has 3 heterocycles. The largest absolute Gasteiger partial charge is 0.480 e. The zero-order chi connectivity index (χ0) is 39.2. The lowest BCUT2D eigenvalue weighted by molar-refractivity contribution is -0.138. The van der Waals surface area contributed by atoms with Gasteiger partial charge >= 0.3 is 18.1 Å². The fourth-order valence-electron chi connectivity index (χ4n) is 5.06. The van der Waals surface area contributed by atoms with Crippen molar-refractivity contribution in [1.29, 1.82) is 5.26 Å². The van der Waals surface area contributed by atoms with Crippen LogP contribution in [0, 0.1) is 11.3 Å². The molecule has 16 nitrogen and oxygen atoms in total. The number of carbonyl (C=O) groups excluding carboxylic acids is 3. The lowest BCUT2D eigenvalue weighted by Crippen LogP contribution is -2.43. The molecular weight excluding hydrogens is 722 g/mol. The number of anilines is 2. The summed E-state index contributed by atoms with van der Waals surface area (Å²) in [5.41, 5.74) is 6.05. The molecular formula is C37H34ClN7O9. The number of carboxylic acids is 1. The van der Waals surface area contributed by atoms with Gasteiger partial charge in [-0.15, -0.1) is 0 Å². The first kappa shape index (κ1) is 38.7. The Bertz CT molecular complexity index is 2240. The summed E-state index contributed by atoms with van der Waals surface area (Å²) < 4.78 is 22.7. The summed E-state index contributed by atoms with van der Waals surface area (Å²) in [6.45, 7) is 4.76. The van der Waals surface area contributed by atoms with Gasteiger partial charge in [-0.05, 0) is 74.9 Å². The number of halogens is 1. The topological polar surface area (TPSA) is 225 Å². The fourth-order valence-corrected chi connectivity index (χ4v) is 5.22. The number of nitrogens with two attached hydrogens (primary N) is 1. The SMILES string of the molecule is COCOc1cc(Cl)ccc1-c1cc(-c2cccc(N(C(=O)OC(C)(C)C)C(=O)n3cnc(C[C@@H](N)C(=O)O)c3)c2)c(C#N)c(NC(=O)c2ccco2)n1. The van der Waals surface area contributed by atoms with Crippen molar-refractivity contribution in [2.45, 2.75) is 38.8 Å². The van der Waals surface area contributed by atoms with Crippen molar-refractivity contribution in [2.75, 3.05) is 24.1 Å². The van der Waals surface area contributed by atoms with E-state index in [0.717, 1.165) is 15.8 Å². The maximum absolute atomic E-state index is 14.0. The molecule has 0 bridgehead atoms. The van der Waals surface area contributed by atoms with Crippen LogP contribution >= 0.6 is 11.6 Å². The molecule has 0 aliphatic heterocycles. The molecule has 0 spiro atoms. The minimum atomic E-state index is -1.27. The Morgan fingerprint density at radius 3 is 2.56 bits per heavy atom. The van der Waals surface area contributed by atoms with E-state index in [2.05, 4.69) is 21.4 Å². The highest BCUT2D eigenvalue weighted by Gasteiger charge is 2.31. The molecule has 5 aromatic rings. The molecule has 278 valence electrons. The van der Waals surface area contributed by atoms with E-state index in [1.54, 1.807) is 57.2 Å². The molecule has 0 saturated carbocycles. The quantitative estimate of drug-likeness (QED) is 0.125. The molecule has 0 saturated heterocycles. The normalized spacial score (nSPS) is 11.6. The second-order valence-corrected chi connectivity index (χ2v) is 13.0. The van der Waals surface area contributed by atoms with Crippen LogP contribution in [0.2, 0.25) is 5.02 Å². The van der Waals surface area contributed by atoms with E-state index in [-0.39, 0.29) is 58.7 Å². The number of aliphatic carboxylic acids is 1. The van der Waals surface area contributed by atoms with Crippen LogP contribution in [0.1, 0.15) is 42.6 Å². The van der Waals surface area contributed by atoms with Gasteiger partial charge in [-0.25, -0.2) is 19.6 Å². The number of furan rings is 1. The number of benzene rings is 2. The van der Waals surface area contributed by atoms with E-state index in [9.17, 15) is 29.5 Å². The van der Waals surface area contributed by atoms with Crippen LogP contribution in [0.3, 0.4) is 0 Å². The van der Waals surface area contributed by atoms with Gasteiger partial charge < -0.3 is 34.8 Å². The number of carboxylic acid groups (broad SMARTS) is 1.